The van der Waals surface area contributed by atoms with E-state index < -0.39 is 12.1 Å². The van der Waals surface area contributed by atoms with E-state index in [2.05, 4.69) is 10.2 Å². The lowest BCUT2D eigenvalue weighted by atomic mass is 10.0. The van der Waals surface area contributed by atoms with Gasteiger partial charge in [0.2, 0.25) is 5.91 Å². The molecule has 3 aliphatic rings. The van der Waals surface area contributed by atoms with Crippen molar-refractivity contribution in [2.75, 3.05) is 33.5 Å². The smallest absolute Gasteiger partial charge is 0.223 e. The van der Waals surface area contributed by atoms with Crippen LogP contribution in [-0.2, 0) is 4.79 Å². The Morgan fingerprint density at radius 3 is 2.37 bits per heavy atom. The van der Waals surface area contributed by atoms with Gasteiger partial charge in [-0.05, 0) is 67.6 Å². The second kappa shape index (κ2) is 10.7. The first-order valence-electron chi connectivity index (χ1n) is 12.5. The van der Waals surface area contributed by atoms with Gasteiger partial charge in [0, 0.05) is 18.6 Å². The van der Waals surface area contributed by atoms with E-state index in [-0.39, 0.29) is 18.9 Å². The Balaban J connectivity index is 1.23. The number of aliphatic hydroxyl groups is 1. The topological polar surface area (TPSA) is 89.5 Å². The molecule has 0 saturated carbocycles. The number of carbonyl (C=O) groups excluding carboxylic acids is 1. The molecule has 2 aromatic carbocycles. The first-order valence-corrected chi connectivity index (χ1v) is 12.5. The van der Waals surface area contributed by atoms with Gasteiger partial charge < -0.3 is 29.4 Å². The Morgan fingerprint density at radius 2 is 1.69 bits per heavy atom. The van der Waals surface area contributed by atoms with Gasteiger partial charge in [0.1, 0.15) is 30.8 Å². The number of rotatable bonds is 10. The predicted molar refractivity (Wildman–Crippen MR) is 130 cm³/mol. The van der Waals surface area contributed by atoms with Gasteiger partial charge >= 0.3 is 0 Å². The molecule has 3 aliphatic heterocycles. The summed E-state index contributed by atoms with van der Waals surface area (Å²) in [4.78, 5) is 15.4. The third kappa shape index (κ3) is 5.49. The zero-order chi connectivity index (χ0) is 24.2. The molecule has 0 radical (unpaired) electrons. The molecule has 0 aromatic heterocycles. The quantitative estimate of drug-likeness (QED) is 0.538. The summed E-state index contributed by atoms with van der Waals surface area (Å²) in [6.07, 6.45) is 4.12. The number of fused-ring (bicyclic) bond motifs is 3. The molecule has 0 spiro atoms. The fourth-order valence-electron chi connectivity index (χ4n) is 5.46. The van der Waals surface area contributed by atoms with Crippen molar-refractivity contribution in [3.63, 3.8) is 0 Å². The van der Waals surface area contributed by atoms with Crippen LogP contribution in [0.3, 0.4) is 0 Å². The molecule has 2 aromatic rings. The summed E-state index contributed by atoms with van der Waals surface area (Å²) in [5.74, 6) is 2.60. The number of hydrogen-bond donors (Lipinski definition) is 2. The molecule has 8 nitrogen and oxygen atoms in total. The molecule has 5 rings (SSSR count). The first-order chi connectivity index (χ1) is 17.1. The molecular weight excluding hydrogens is 448 g/mol. The van der Waals surface area contributed by atoms with Crippen molar-refractivity contribution in [2.24, 2.45) is 0 Å². The molecule has 35 heavy (non-hydrogen) atoms. The molecular formula is C27H34N2O6. The number of carbonyl (C=O) groups is 1. The summed E-state index contributed by atoms with van der Waals surface area (Å²) in [5, 5.41) is 14.4. The number of aliphatic hydroxyl groups excluding tert-OH is 1. The number of nitrogens with zero attached hydrogens (tertiary/aromatic N) is 1. The molecule has 2 N–H and O–H groups in total. The maximum absolute atomic E-state index is 12.9. The largest absolute Gasteiger partial charge is 0.497 e. The van der Waals surface area contributed by atoms with E-state index in [0.29, 0.717) is 54.7 Å². The number of ether oxygens (including phenoxy) is 4. The maximum atomic E-state index is 12.9. The minimum absolute atomic E-state index is 0.147. The van der Waals surface area contributed by atoms with Crippen molar-refractivity contribution in [2.45, 2.75) is 56.3 Å². The van der Waals surface area contributed by atoms with E-state index in [9.17, 15) is 9.90 Å². The van der Waals surface area contributed by atoms with E-state index >= 15 is 0 Å². The van der Waals surface area contributed by atoms with Crippen LogP contribution < -0.4 is 24.3 Å². The molecule has 0 aliphatic carbocycles. The molecule has 2 atom stereocenters. The molecule has 1 unspecified atom stereocenters. The van der Waals surface area contributed by atoms with Gasteiger partial charge in [0.05, 0.1) is 26.2 Å². The van der Waals surface area contributed by atoms with Crippen LogP contribution in [0.25, 0.3) is 0 Å². The van der Waals surface area contributed by atoms with E-state index in [1.54, 1.807) is 7.11 Å². The fourth-order valence-corrected chi connectivity index (χ4v) is 5.46. The Bertz CT molecular complexity index is 993. The van der Waals surface area contributed by atoms with Crippen molar-refractivity contribution >= 4 is 5.91 Å². The molecule has 2 bridgehead atoms. The third-order valence-corrected chi connectivity index (χ3v) is 7.30. The fraction of sp³-hybridized carbons (Fsp3) is 0.519. The van der Waals surface area contributed by atoms with Gasteiger partial charge in [-0.15, -0.1) is 0 Å². The Kier molecular flexibility index (Phi) is 7.29. The average molecular weight is 483 g/mol. The van der Waals surface area contributed by atoms with Crippen molar-refractivity contribution in [1.82, 2.24) is 10.2 Å². The second-order valence-corrected chi connectivity index (χ2v) is 9.46. The molecule has 3 heterocycles. The minimum Gasteiger partial charge on any atom is -0.497 e. The van der Waals surface area contributed by atoms with Crippen LogP contribution in [0.5, 0.6) is 23.0 Å². The van der Waals surface area contributed by atoms with Gasteiger partial charge in [0.25, 0.3) is 0 Å². The van der Waals surface area contributed by atoms with E-state index in [1.807, 2.05) is 42.5 Å². The molecule has 1 amide bonds. The van der Waals surface area contributed by atoms with Gasteiger partial charge in [-0.2, -0.15) is 0 Å². The zero-order valence-corrected chi connectivity index (χ0v) is 20.2. The summed E-state index contributed by atoms with van der Waals surface area (Å²) < 4.78 is 22.2. The third-order valence-electron chi connectivity index (χ3n) is 7.30. The van der Waals surface area contributed by atoms with Crippen LogP contribution in [0.2, 0.25) is 0 Å². The van der Waals surface area contributed by atoms with Crippen molar-refractivity contribution in [3.05, 3.63) is 48.0 Å². The summed E-state index contributed by atoms with van der Waals surface area (Å²) in [5.41, 5.74) is 0.709. The molecule has 8 heteroatoms. The first kappa shape index (κ1) is 23.8. The predicted octanol–water partition coefficient (Wildman–Crippen LogP) is 3.08. The zero-order valence-electron chi connectivity index (χ0n) is 20.2. The van der Waals surface area contributed by atoms with Crippen LogP contribution in [-0.4, -0.2) is 67.5 Å². The highest BCUT2D eigenvalue weighted by Crippen LogP contribution is 2.39. The summed E-state index contributed by atoms with van der Waals surface area (Å²) in [6, 6.07) is 13.4. The standard InChI is InChI=1S/C27H34N2O6/c1-32-21-7-9-22(10-8-21)33-13-12-26(30)28-23(17-29-19-3-4-20(29)6-5-19)27(31)18-2-11-24-25(16-18)35-15-14-34-24/h2,7-11,16,19-20,23,27,31H,3-6,12-15,17H2,1H3,(H,28,30)/t19?,20?,23?,27-/m1/s1. The monoisotopic (exact) mass is 482 g/mol. The number of nitrogens with one attached hydrogen (secondary N) is 1. The average Bonchev–Trinajstić information content (AvgIpc) is 3.47. The Morgan fingerprint density at radius 1 is 1.03 bits per heavy atom. The van der Waals surface area contributed by atoms with Crippen LogP contribution >= 0.6 is 0 Å². The second-order valence-electron chi connectivity index (χ2n) is 9.46. The molecule has 188 valence electrons. The van der Waals surface area contributed by atoms with Crippen LogP contribution in [0.15, 0.2) is 42.5 Å². The van der Waals surface area contributed by atoms with Crippen LogP contribution in [0, 0.1) is 0 Å². The Hall–Kier alpha value is -2.97. The lowest BCUT2D eigenvalue weighted by molar-refractivity contribution is -0.123. The number of amides is 1. The van der Waals surface area contributed by atoms with Gasteiger partial charge in [-0.3, -0.25) is 9.69 Å². The van der Waals surface area contributed by atoms with E-state index in [0.717, 1.165) is 5.75 Å². The van der Waals surface area contributed by atoms with Crippen molar-refractivity contribution in [1.29, 1.82) is 0 Å². The molecule has 2 fully saturated rings. The van der Waals surface area contributed by atoms with Gasteiger partial charge in [0.15, 0.2) is 11.5 Å². The maximum Gasteiger partial charge on any atom is 0.223 e. The normalized spacial score (nSPS) is 22.5. The SMILES string of the molecule is COc1ccc(OCCC(=O)NC(CN2C3CCC2CC3)[C@H](O)c2ccc3c(c2)OCCO3)cc1. The van der Waals surface area contributed by atoms with E-state index in [4.69, 9.17) is 18.9 Å². The van der Waals surface area contributed by atoms with Crippen LogP contribution in [0.4, 0.5) is 0 Å². The number of methoxy groups -OCH3 is 1. The van der Waals surface area contributed by atoms with Crippen molar-refractivity contribution in [3.8, 4) is 23.0 Å². The van der Waals surface area contributed by atoms with Gasteiger partial charge in [-0.1, -0.05) is 6.07 Å². The lowest BCUT2D eigenvalue weighted by Gasteiger charge is -2.32. The summed E-state index contributed by atoms with van der Waals surface area (Å²) in [7, 11) is 1.61. The lowest BCUT2D eigenvalue weighted by Crippen LogP contribution is -2.48. The highest BCUT2D eigenvalue weighted by Gasteiger charge is 2.41. The number of hydrogen-bond acceptors (Lipinski definition) is 7. The molecule has 2 saturated heterocycles. The summed E-state index contributed by atoms with van der Waals surface area (Å²) >= 11 is 0. The summed E-state index contributed by atoms with van der Waals surface area (Å²) in [6.45, 7) is 1.87. The highest BCUT2D eigenvalue weighted by atomic mass is 16.6. The van der Waals surface area contributed by atoms with Crippen LogP contribution in [0.1, 0.15) is 43.8 Å². The van der Waals surface area contributed by atoms with E-state index in [1.165, 1.54) is 25.7 Å². The van der Waals surface area contributed by atoms with Crippen molar-refractivity contribution < 1.29 is 28.8 Å². The minimum atomic E-state index is -0.864. The Labute approximate surface area is 206 Å². The van der Waals surface area contributed by atoms with Gasteiger partial charge in [-0.25, -0.2) is 0 Å². The highest BCUT2D eigenvalue weighted by molar-refractivity contribution is 5.76. The number of benzene rings is 2.